The summed E-state index contributed by atoms with van der Waals surface area (Å²) in [7, 11) is 0. The molecule has 19 heavy (non-hydrogen) atoms. The molecule has 96 valence electrons. The van der Waals surface area contributed by atoms with Gasteiger partial charge in [0.1, 0.15) is 17.0 Å². The third kappa shape index (κ3) is 1.91. The number of rotatable bonds is 3. The van der Waals surface area contributed by atoms with Gasteiger partial charge in [0.2, 0.25) is 0 Å². The first-order valence-corrected chi connectivity index (χ1v) is 8.04. The third-order valence-corrected chi connectivity index (χ3v) is 5.26. The number of thiazole rings is 1. The van der Waals surface area contributed by atoms with Gasteiger partial charge >= 0.3 is 0 Å². The number of anilines is 1. The minimum absolute atomic E-state index is 0.722. The lowest BCUT2D eigenvalue weighted by Crippen LogP contribution is -2.02. The van der Waals surface area contributed by atoms with Gasteiger partial charge in [-0.2, -0.15) is 0 Å². The molecule has 0 radical (unpaired) electrons. The molecular formula is C13H12N4S2. The van der Waals surface area contributed by atoms with E-state index >= 15 is 0 Å². The first-order valence-electron chi connectivity index (χ1n) is 6.28. The summed E-state index contributed by atoms with van der Waals surface area (Å²) < 4.78 is 0. The van der Waals surface area contributed by atoms with Gasteiger partial charge in [0, 0.05) is 10.3 Å². The maximum atomic E-state index is 4.42. The smallest absolute Gasteiger partial charge is 0.138 e. The van der Waals surface area contributed by atoms with Gasteiger partial charge < -0.3 is 5.32 Å². The molecule has 1 aliphatic rings. The van der Waals surface area contributed by atoms with Gasteiger partial charge in [0.25, 0.3) is 0 Å². The van der Waals surface area contributed by atoms with Crippen molar-refractivity contribution in [1.82, 2.24) is 15.0 Å². The van der Waals surface area contributed by atoms with E-state index in [0.717, 1.165) is 29.3 Å². The van der Waals surface area contributed by atoms with Crippen LogP contribution >= 0.6 is 22.7 Å². The van der Waals surface area contributed by atoms with E-state index in [1.165, 1.54) is 28.7 Å². The molecule has 0 amide bonds. The van der Waals surface area contributed by atoms with Crippen molar-refractivity contribution in [2.75, 3.05) is 5.32 Å². The van der Waals surface area contributed by atoms with Gasteiger partial charge in [-0.05, 0) is 24.8 Å². The van der Waals surface area contributed by atoms with E-state index in [0.29, 0.717) is 0 Å². The second kappa shape index (κ2) is 4.54. The molecule has 0 unspecified atom stereocenters. The molecule has 3 aromatic heterocycles. The van der Waals surface area contributed by atoms with Crippen LogP contribution in [0.2, 0.25) is 0 Å². The Morgan fingerprint density at radius 2 is 2.21 bits per heavy atom. The predicted octanol–water partition coefficient (Wildman–Crippen LogP) is 3.25. The Morgan fingerprint density at radius 1 is 1.21 bits per heavy atom. The van der Waals surface area contributed by atoms with Crippen molar-refractivity contribution < 1.29 is 0 Å². The number of fused-ring (bicyclic) bond motifs is 3. The number of thiophene rings is 1. The SMILES string of the molecule is c1nc(NCc2cscn2)c2c3c(sc2n1)CCC3. The standard InChI is InChI=1S/C13H12N4S2/c1-2-9-10(3-1)19-13-11(9)12(15-6-16-13)14-4-8-5-18-7-17-8/h5-7H,1-4H2,(H,14,15,16). The Labute approximate surface area is 118 Å². The molecule has 0 aliphatic heterocycles. The minimum atomic E-state index is 0.722. The highest BCUT2D eigenvalue weighted by Gasteiger charge is 2.20. The van der Waals surface area contributed by atoms with Gasteiger partial charge in [-0.3, -0.25) is 0 Å². The van der Waals surface area contributed by atoms with Crippen LogP contribution in [-0.4, -0.2) is 15.0 Å². The Bertz CT molecular complexity index is 718. The zero-order valence-corrected chi connectivity index (χ0v) is 11.9. The first-order chi connectivity index (χ1) is 9.42. The van der Waals surface area contributed by atoms with Gasteiger partial charge in [-0.15, -0.1) is 22.7 Å². The normalized spacial score (nSPS) is 13.9. The van der Waals surface area contributed by atoms with Crippen LogP contribution in [0.1, 0.15) is 22.6 Å². The van der Waals surface area contributed by atoms with Crippen molar-refractivity contribution in [2.24, 2.45) is 0 Å². The van der Waals surface area contributed by atoms with Crippen LogP contribution in [0, 0.1) is 0 Å². The number of hydrogen-bond donors (Lipinski definition) is 1. The van der Waals surface area contributed by atoms with E-state index in [1.807, 2.05) is 16.8 Å². The van der Waals surface area contributed by atoms with Crippen molar-refractivity contribution in [1.29, 1.82) is 0 Å². The highest BCUT2D eigenvalue weighted by molar-refractivity contribution is 7.19. The number of aryl methyl sites for hydroxylation is 2. The molecule has 0 fully saturated rings. The maximum absolute atomic E-state index is 4.42. The molecular weight excluding hydrogens is 276 g/mol. The Hall–Kier alpha value is -1.53. The van der Waals surface area contributed by atoms with Crippen molar-refractivity contribution in [3.8, 4) is 0 Å². The zero-order valence-electron chi connectivity index (χ0n) is 10.2. The lowest BCUT2D eigenvalue weighted by Gasteiger charge is -2.05. The number of hydrogen-bond acceptors (Lipinski definition) is 6. The molecule has 0 spiro atoms. The largest absolute Gasteiger partial charge is 0.364 e. The second-order valence-corrected chi connectivity index (χ2v) is 6.40. The fourth-order valence-corrected chi connectivity index (χ4v) is 4.35. The van der Waals surface area contributed by atoms with Crippen molar-refractivity contribution >= 4 is 38.7 Å². The zero-order chi connectivity index (χ0) is 12.7. The minimum Gasteiger partial charge on any atom is -0.364 e. The Kier molecular flexibility index (Phi) is 2.70. The summed E-state index contributed by atoms with van der Waals surface area (Å²) in [5.74, 6) is 0.956. The van der Waals surface area contributed by atoms with Crippen LogP contribution in [0.25, 0.3) is 10.2 Å². The molecule has 0 aromatic carbocycles. The average molecular weight is 288 g/mol. The number of nitrogens with one attached hydrogen (secondary N) is 1. The Morgan fingerprint density at radius 3 is 3.11 bits per heavy atom. The van der Waals surface area contributed by atoms with E-state index in [9.17, 15) is 0 Å². The summed E-state index contributed by atoms with van der Waals surface area (Å²) in [6, 6.07) is 0. The first kappa shape index (κ1) is 11.3. The summed E-state index contributed by atoms with van der Waals surface area (Å²) in [6.07, 6.45) is 5.27. The summed E-state index contributed by atoms with van der Waals surface area (Å²) in [6.45, 7) is 0.722. The lowest BCUT2D eigenvalue weighted by atomic mass is 10.2. The van der Waals surface area contributed by atoms with E-state index in [-0.39, 0.29) is 0 Å². The van der Waals surface area contributed by atoms with Gasteiger partial charge in [-0.1, -0.05) is 0 Å². The quantitative estimate of drug-likeness (QED) is 0.804. The topological polar surface area (TPSA) is 50.7 Å². The number of nitrogens with zero attached hydrogens (tertiary/aromatic N) is 3. The van der Waals surface area contributed by atoms with E-state index < -0.39 is 0 Å². The predicted molar refractivity (Wildman–Crippen MR) is 78.9 cm³/mol. The third-order valence-electron chi connectivity index (χ3n) is 3.42. The second-order valence-electron chi connectivity index (χ2n) is 4.59. The van der Waals surface area contributed by atoms with E-state index in [1.54, 1.807) is 17.7 Å². The lowest BCUT2D eigenvalue weighted by molar-refractivity contribution is 0.917. The molecule has 4 rings (SSSR count). The average Bonchev–Trinajstić information content (AvgIpc) is 3.12. The van der Waals surface area contributed by atoms with Gasteiger partial charge in [0.05, 0.1) is 23.1 Å². The monoisotopic (exact) mass is 288 g/mol. The molecule has 3 aromatic rings. The van der Waals surface area contributed by atoms with Crippen LogP contribution < -0.4 is 5.32 Å². The maximum Gasteiger partial charge on any atom is 0.138 e. The van der Waals surface area contributed by atoms with Gasteiger partial charge in [0.15, 0.2) is 0 Å². The van der Waals surface area contributed by atoms with E-state index in [2.05, 4.69) is 25.6 Å². The van der Waals surface area contributed by atoms with Crippen LogP contribution in [0.5, 0.6) is 0 Å². The molecule has 0 bridgehead atoms. The van der Waals surface area contributed by atoms with Crippen LogP contribution in [0.4, 0.5) is 5.82 Å². The molecule has 1 aliphatic carbocycles. The van der Waals surface area contributed by atoms with Crippen molar-refractivity contribution in [2.45, 2.75) is 25.8 Å². The molecule has 3 heterocycles. The fourth-order valence-electron chi connectivity index (χ4n) is 2.56. The van der Waals surface area contributed by atoms with Crippen LogP contribution in [-0.2, 0) is 19.4 Å². The van der Waals surface area contributed by atoms with Crippen molar-refractivity contribution in [3.63, 3.8) is 0 Å². The molecule has 0 saturated carbocycles. The summed E-state index contributed by atoms with van der Waals surface area (Å²) >= 11 is 3.44. The number of aromatic nitrogens is 3. The molecule has 0 atom stereocenters. The molecule has 4 nitrogen and oxygen atoms in total. The molecule has 6 heteroatoms. The molecule has 0 saturated heterocycles. The fraction of sp³-hybridized carbons (Fsp3) is 0.308. The summed E-state index contributed by atoms with van der Waals surface area (Å²) in [4.78, 5) is 15.7. The highest BCUT2D eigenvalue weighted by Crippen LogP contribution is 2.39. The summed E-state index contributed by atoms with van der Waals surface area (Å²) in [5, 5.41) is 6.70. The highest BCUT2D eigenvalue weighted by atomic mass is 32.1. The van der Waals surface area contributed by atoms with Crippen LogP contribution in [0.15, 0.2) is 17.2 Å². The van der Waals surface area contributed by atoms with Crippen molar-refractivity contribution in [3.05, 3.63) is 33.4 Å². The Balaban J connectivity index is 1.73. The molecule has 1 N–H and O–H groups in total. The summed E-state index contributed by atoms with van der Waals surface area (Å²) in [5.41, 5.74) is 4.37. The van der Waals surface area contributed by atoms with Gasteiger partial charge in [-0.25, -0.2) is 15.0 Å². The van der Waals surface area contributed by atoms with E-state index in [4.69, 9.17) is 0 Å². The van der Waals surface area contributed by atoms with Crippen LogP contribution in [0.3, 0.4) is 0 Å².